The van der Waals surface area contributed by atoms with E-state index in [2.05, 4.69) is 9.71 Å². The standard InChI is InChI=1S/C14H16N2O4S2/c1-9-11(13(17)18)7-10(8-15-9)22(19,20)16-14(2,3)12-5-4-6-21-12/h4-8,16H,1-3H3,(H,17,18). The Labute approximate surface area is 132 Å². The summed E-state index contributed by atoms with van der Waals surface area (Å²) in [7, 11) is -3.89. The molecule has 0 unspecified atom stereocenters. The number of nitrogens with one attached hydrogen (secondary N) is 1. The maximum Gasteiger partial charge on any atom is 0.337 e. The van der Waals surface area contributed by atoms with Crippen LogP contribution in [0.25, 0.3) is 0 Å². The number of pyridine rings is 1. The highest BCUT2D eigenvalue weighted by atomic mass is 32.2. The predicted molar refractivity (Wildman–Crippen MR) is 83.6 cm³/mol. The van der Waals surface area contributed by atoms with Crippen molar-refractivity contribution < 1.29 is 18.3 Å². The third-order valence-corrected chi connectivity index (χ3v) is 5.95. The number of rotatable bonds is 5. The summed E-state index contributed by atoms with van der Waals surface area (Å²) in [5, 5.41) is 10.9. The highest BCUT2D eigenvalue weighted by molar-refractivity contribution is 7.89. The van der Waals surface area contributed by atoms with Gasteiger partial charge in [-0.25, -0.2) is 17.9 Å². The van der Waals surface area contributed by atoms with Gasteiger partial charge in [-0.3, -0.25) is 4.98 Å². The van der Waals surface area contributed by atoms with Crippen molar-refractivity contribution in [1.29, 1.82) is 0 Å². The summed E-state index contributed by atoms with van der Waals surface area (Å²) in [6.45, 7) is 5.01. The van der Waals surface area contributed by atoms with Crippen molar-refractivity contribution in [3.63, 3.8) is 0 Å². The molecule has 2 aromatic heterocycles. The van der Waals surface area contributed by atoms with Gasteiger partial charge >= 0.3 is 5.97 Å². The zero-order valence-electron chi connectivity index (χ0n) is 12.3. The number of carbonyl (C=O) groups is 1. The number of carboxylic acid groups (broad SMARTS) is 1. The number of hydrogen-bond acceptors (Lipinski definition) is 5. The Morgan fingerprint density at radius 1 is 1.41 bits per heavy atom. The van der Waals surface area contributed by atoms with Crippen LogP contribution in [0.1, 0.15) is 34.8 Å². The lowest BCUT2D eigenvalue weighted by Crippen LogP contribution is -2.40. The molecule has 0 bridgehead atoms. The van der Waals surface area contributed by atoms with Crippen LogP contribution in [-0.4, -0.2) is 24.5 Å². The fraction of sp³-hybridized carbons (Fsp3) is 0.286. The molecule has 22 heavy (non-hydrogen) atoms. The number of aryl methyl sites for hydroxylation is 1. The second kappa shape index (κ2) is 5.79. The number of carboxylic acids is 1. The van der Waals surface area contributed by atoms with Crippen LogP contribution in [0.15, 0.2) is 34.7 Å². The molecule has 0 saturated heterocycles. The molecule has 8 heteroatoms. The first-order chi connectivity index (χ1) is 10.1. The first-order valence-corrected chi connectivity index (χ1v) is 8.78. The van der Waals surface area contributed by atoms with Crippen LogP contribution in [0, 0.1) is 6.92 Å². The number of nitrogens with zero attached hydrogens (tertiary/aromatic N) is 1. The summed E-state index contributed by atoms with van der Waals surface area (Å²) >= 11 is 1.44. The van der Waals surface area contributed by atoms with E-state index in [1.807, 2.05) is 17.5 Å². The van der Waals surface area contributed by atoms with E-state index in [9.17, 15) is 13.2 Å². The third-order valence-electron chi connectivity index (χ3n) is 3.13. The van der Waals surface area contributed by atoms with Gasteiger partial charge in [-0.15, -0.1) is 11.3 Å². The minimum absolute atomic E-state index is 0.128. The SMILES string of the molecule is Cc1ncc(S(=O)(=O)NC(C)(C)c2cccs2)cc1C(=O)O. The lowest BCUT2D eigenvalue weighted by molar-refractivity contribution is 0.0695. The maximum atomic E-state index is 12.5. The van der Waals surface area contributed by atoms with Gasteiger partial charge in [-0.05, 0) is 38.3 Å². The van der Waals surface area contributed by atoms with Crippen molar-refractivity contribution in [1.82, 2.24) is 9.71 Å². The quantitative estimate of drug-likeness (QED) is 0.871. The van der Waals surface area contributed by atoms with Crippen molar-refractivity contribution in [2.45, 2.75) is 31.2 Å². The van der Waals surface area contributed by atoms with E-state index >= 15 is 0 Å². The minimum atomic E-state index is -3.89. The van der Waals surface area contributed by atoms with Gasteiger partial charge < -0.3 is 5.11 Å². The van der Waals surface area contributed by atoms with Crippen molar-refractivity contribution in [3.8, 4) is 0 Å². The molecule has 0 spiro atoms. The Morgan fingerprint density at radius 2 is 2.09 bits per heavy atom. The smallest absolute Gasteiger partial charge is 0.337 e. The zero-order chi connectivity index (χ0) is 16.5. The summed E-state index contributed by atoms with van der Waals surface area (Å²) in [6, 6.07) is 4.80. The molecule has 0 atom stereocenters. The van der Waals surface area contributed by atoms with Crippen LogP contribution >= 0.6 is 11.3 Å². The molecule has 0 saturated carbocycles. The van der Waals surface area contributed by atoms with Crippen LogP contribution in [0.5, 0.6) is 0 Å². The van der Waals surface area contributed by atoms with E-state index in [-0.39, 0.29) is 16.2 Å². The molecular weight excluding hydrogens is 324 g/mol. The van der Waals surface area contributed by atoms with E-state index < -0.39 is 21.5 Å². The fourth-order valence-corrected chi connectivity index (χ4v) is 4.19. The highest BCUT2D eigenvalue weighted by Gasteiger charge is 2.29. The molecule has 0 aliphatic carbocycles. The number of aromatic nitrogens is 1. The molecule has 0 amide bonds. The van der Waals surface area contributed by atoms with E-state index in [0.717, 1.165) is 17.1 Å². The topological polar surface area (TPSA) is 96.4 Å². The summed E-state index contributed by atoms with van der Waals surface area (Å²) < 4.78 is 27.6. The van der Waals surface area contributed by atoms with E-state index in [0.29, 0.717) is 0 Å². The summed E-state index contributed by atoms with van der Waals surface area (Å²) in [4.78, 5) is 15.7. The van der Waals surface area contributed by atoms with Crippen LogP contribution in [0.2, 0.25) is 0 Å². The Hall–Kier alpha value is -1.77. The Morgan fingerprint density at radius 3 is 2.64 bits per heavy atom. The Balaban J connectivity index is 2.39. The number of thiophene rings is 1. The van der Waals surface area contributed by atoms with Gasteiger partial charge in [0.25, 0.3) is 0 Å². The number of sulfonamides is 1. The third kappa shape index (κ3) is 3.34. The molecule has 0 fully saturated rings. The highest BCUT2D eigenvalue weighted by Crippen LogP contribution is 2.27. The van der Waals surface area contributed by atoms with Crippen LogP contribution < -0.4 is 4.72 Å². The van der Waals surface area contributed by atoms with Crippen molar-refractivity contribution in [3.05, 3.63) is 45.9 Å². The van der Waals surface area contributed by atoms with Gasteiger partial charge in [0, 0.05) is 11.1 Å². The second-order valence-electron chi connectivity index (χ2n) is 5.32. The van der Waals surface area contributed by atoms with Crippen molar-refractivity contribution >= 4 is 27.3 Å². The molecule has 2 N–H and O–H groups in total. The minimum Gasteiger partial charge on any atom is -0.478 e. The monoisotopic (exact) mass is 340 g/mol. The van der Waals surface area contributed by atoms with Crippen molar-refractivity contribution in [2.75, 3.05) is 0 Å². The van der Waals surface area contributed by atoms with Crippen LogP contribution in [0.4, 0.5) is 0 Å². The lowest BCUT2D eigenvalue weighted by atomic mass is 10.1. The largest absolute Gasteiger partial charge is 0.478 e. The molecule has 2 rings (SSSR count). The average Bonchev–Trinajstić information content (AvgIpc) is 2.91. The molecule has 118 valence electrons. The van der Waals surface area contributed by atoms with Gasteiger partial charge in [0.05, 0.1) is 16.8 Å². The van der Waals surface area contributed by atoms with E-state index in [4.69, 9.17) is 5.11 Å². The van der Waals surface area contributed by atoms with E-state index in [1.54, 1.807) is 13.8 Å². The first-order valence-electron chi connectivity index (χ1n) is 6.41. The summed E-state index contributed by atoms with van der Waals surface area (Å²) in [5.74, 6) is -1.21. The van der Waals surface area contributed by atoms with Gasteiger partial charge in [0.2, 0.25) is 10.0 Å². The second-order valence-corrected chi connectivity index (χ2v) is 7.95. The van der Waals surface area contributed by atoms with Crippen LogP contribution in [0.3, 0.4) is 0 Å². The van der Waals surface area contributed by atoms with E-state index in [1.165, 1.54) is 18.3 Å². The van der Waals surface area contributed by atoms with Crippen molar-refractivity contribution in [2.24, 2.45) is 0 Å². The Bertz CT molecular complexity index is 796. The van der Waals surface area contributed by atoms with Gasteiger partial charge in [0.1, 0.15) is 4.90 Å². The van der Waals surface area contributed by atoms with Crippen LogP contribution in [-0.2, 0) is 15.6 Å². The number of aromatic carboxylic acids is 1. The average molecular weight is 340 g/mol. The lowest BCUT2D eigenvalue weighted by Gasteiger charge is -2.24. The first kappa shape index (κ1) is 16.6. The molecule has 6 nitrogen and oxygen atoms in total. The molecule has 0 aliphatic heterocycles. The predicted octanol–water partition coefficient (Wildman–Crippen LogP) is 2.36. The molecule has 0 aromatic carbocycles. The summed E-state index contributed by atoms with van der Waals surface area (Å²) in [6.07, 6.45) is 1.16. The maximum absolute atomic E-state index is 12.5. The van der Waals surface area contributed by atoms with Gasteiger partial charge in [0.15, 0.2) is 0 Å². The van der Waals surface area contributed by atoms with Gasteiger partial charge in [-0.1, -0.05) is 6.07 Å². The zero-order valence-corrected chi connectivity index (χ0v) is 14.0. The summed E-state index contributed by atoms with van der Waals surface area (Å²) in [5.41, 5.74) is -0.665. The normalized spacial score (nSPS) is 12.3. The van der Waals surface area contributed by atoms with Gasteiger partial charge in [-0.2, -0.15) is 0 Å². The fourth-order valence-electron chi connectivity index (χ4n) is 1.96. The molecule has 2 aromatic rings. The number of hydrogen-bond donors (Lipinski definition) is 2. The molecule has 2 heterocycles. The molecule has 0 aliphatic rings. The molecule has 0 radical (unpaired) electrons. The Kier molecular flexibility index (Phi) is 4.37. The molecular formula is C14H16N2O4S2.